The second-order valence-electron chi connectivity index (χ2n) is 16.1. The smallest absolute Gasteiger partial charge is 0.302 e. The Balaban J connectivity index is 1.49. The van der Waals surface area contributed by atoms with E-state index in [0.29, 0.717) is 38.4 Å². The van der Waals surface area contributed by atoms with Crippen LogP contribution in [0.25, 0.3) is 0 Å². The molecule has 5 aliphatic carbocycles. The average Bonchev–Trinajstić information content (AvgIpc) is 2.74. The SMILES string of the molecule is CC(=O)O[C@H]1CC[C@@H]2[C@]3(C)CC[C@@]4(C)[C@H]5CC(C)(C)CC[C@]5(C)CC[C@]4(C)[C@@H]3CC[C@]2(C)[C@H]1C. The van der Waals surface area contributed by atoms with Crippen molar-refractivity contribution in [3.05, 3.63) is 0 Å². The molecule has 0 N–H and O–H groups in total. The number of hydrogen-bond acceptors (Lipinski definition) is 2. The van der Waals surface area contributed by atoms with Gasteiger partial charge in [0.05, 0.1) is 0 Å². The lowest BCUT2D eigenvalue weighted by Gasteiger charge is -2.75. The van der Waals surface area contributed by atoms with Gasteiger partial charge in [-0.3, -0.25) is 4.79 Å². The van der Waals surface area contributed by atoms with Crippen LogP contribution in [0.15, 0.2) is 0 Å². The molecule has 0 spiro atoms. The Morgan fingerprint density at radius 2 is 1.29 bits per heavy atom. The third-order valence-corrected chi connectivity index (χ3v) is 14.2. The second kappa shape index (κ2) is 7.50. The van der Waals surface area contributed by atoms with Crippen molar-refractivity contribution < 1.29 is 9.53 Å². The Bertz CT molecular complexity index is 846. The molecule has 5 aliphatic rings. The predicted octanol–water partition coefficient (Wildman–Crippen LogP) is 8.82. The van der Waals surface area contributed by atoms with Gasteiger partial charge in [-0.15, -0.1) is 0 Å². The zero-order valence-electron chi connectivity index (χ0n) is 24.0. The summed E-state index contributed by atoms with van der Waals surface area (Å²) in [6.45, 7) is 22.5. The molecule has 10 atom stereocenters. The Hall–Kier alpha value is -0.530. The predicted molar refractivity (Wildman–Crippen MR) is 140 cm³/mol. The van der Waals surface area contributed by atoms with Crippen molar-refractivity contribution in [3.63, 3.8) is 0 Å². The normalized spacial score (nSPS) is 56.3. The maximum atomic E-state index is 11.8. The van der Waals surface area contributed by atoms with E-state index in [-0.39, 0.29) is 12.1 Å². The van der Waals surface area contributed by atoms with Gasteiger partial charge in [0.25, 0.3) is 0 Å². The highest BCUT2D eigenvalue weighted by Crippen LogP contribution is 2.78. The summed E-state index contributed by atoms with van der Waals surface area (Å²) >= 11 is 0. The van der Waals surface area contributed by atoms with Crippen LogP contribution in [0.2, 0.25) is 0 Å². The van der Waals surface area contributed by atoms with Gasteiger partial charge in [-0.25, -0.2) is 0 Å². The molecule has 2 nitrogen and oxygen atoms in total. The van der Waals surface area contributed by atoms with E-state index in [1.807, 2.05) is 0 Å². The molecular formula is C32H54O2. The van der Waals surface area contributed by atoms with Crippen LogP contribution in [-0.2, 0) is 9.53 Å². The van der Waals surface area contributed by atoms with Crippen LogP contribution in [0, 0.1) is 56.2 Å². The first-order chi connectivity index (χ1) is 15.6. The highest BCUT2D eigenvalue weighted by atomic mass is 16.5. The van der Waals surface area contributed by atoms with Crippen LogP contribution in [0.5, 0.6) is 0 Å². The maximum Gasteiger partial charge on any atom is 0.302 e. The fraction of sp³-hybridized carbons (Fsp3) is 0.969. The number of carbonyl (C=O) groups excluding carboxylic acids is 1. The topological polar surface area (TPSA) is 26.3 Å². The fourth-order valence-corrected chi connectivity index (χ4v) is 11.7. The molecule has 0 aliphatic heterocycles. The number of rotatable bonds is 1. The fourth-order valence-electron chi connectivity index (χ4n) is 11.7. The van der Waals surface area contributed by atoms with Crippen molar-refractivity contribution in [2.45, 2.75) is 139 Å². The third-order valence-electron chi connectivity index (χ3n) is 14.2. The van der Waals surface area contributed by atoms with Crippen molar-refractivity contribution >= 4 is 5.97 Å². The summed E-state index contributed by atoms with van der Waals surface area (Å²) in [5.41, 5.74) is 2.70. The number of fused-ring (bicyclic) bond motifs is 7. The van der Waals surface area contributed by atoms with Crippen molar-refractivity contribution in [1.29, 1.82) is 0 Å². The lowest BCUT2D eigenvalue weighted by molar-refractivity contribution is -0.263. The second-order valence-corrected chi connectivity index (χ2v) is 16.1. The minimum atomic E-state index is -0.0968. The lowest BCUT2D eigenvalue weighted by Crippen LogP contribution is -2.68. The number of carbonyl (C=O) groups is 1. The summed E-state index contributed by atoms with van der Waals surface area (Å²) in [6.07, 6.45) is 15.1. The monoisotopic (exact) mass is 470 g/mol. The molecule has 0 amide bonds. The molecule has 0 aromatic heterocycles. The van der Waals surface area contributed by atoms with Crippen molar-refractivity contribution in [2.24, 2.45) is 56.2 Å². The van der Waals surface area contributed by atoms with Crippen LogP contribution in [0.1, 0.15) is 133 Å². The molecular weight excluding hydrogens is 416 g/mol. The summed E-state index contributed by atoms with van der Waals surface area (Å²) < 4.78 is 5.86. The summed E-state index contributed by atoms with van der Waals surface area (Å²) in [4.78, 5) is 11.8. The summed E-state index contributed by atoms with van der Waals surface area (Å²) in [5.74, 6) is 2.84. The van der Waals surface area contributed by atoms with Gasteiger partial charge >= 0.3 is 5.97 Å². The van der Waals surface area contributed by atoms with E-state index in [1.54, 1.807) is 6.92 Å². The molecule has 34 heavy (non-hydrogen) atoms. The highest BCUT2D eigenvalue weighted by Gasteiger charge is 2.70. The van der Waals surface area contributed by atoms with Crippen LogP contribution in [-0.4, -0.2) is 12.1 Å². The van der Waals surface area contributed by atoms with Gasteiger partial charge in [0.1, 0.15) is 6.10 Å². The lowest BCUT2D eigenvalue weighted by atomic mass is 9.30. The Morgan fingerprint density at radius 3 is 1.97 bits per heavy atom. The number of hydrogen-bond donors (Lipinski definition) is 0. The average molecular weight is 471 g/mol. The zero-order valence-corrected chi connectivity index (χ0v) is 24.0. The van der Waals surface area contributed by atoms with Crippen molar-refractivity contribution in [3.8, 4) is 0 Å². The molecule has 194 valence electrons. The quantitative estimate of drug-likeness (QED) is 0.358. The summed E-state index contributed by atoms with van der Waals surface area (Å²) in [5, 5.41) is 0. The first-order valence-corrected chi connectivity index (χ1v) is 14.8. The Labute approximate surface area is 210 Å². The van der Waals surface area contributed by atoms with Gasteiger partial charge in [0.15, 0.2) is 0 Å². The van der Waals surface area contributed by atoms with Gasteiger partial charge < -0.3 is 4.74 Å². The van der Waals surface area contributed by atoms with Gasteiger partial charge in [-0.1, -0.05) is 55.4 Å². The summed E-state index contributed by atoms with van der Waals surface area (Å²) in [7, 11) is 0. The van der Waals surface area contributed by atoms with Crippen LogP contribution in [0.3, 0.4) is 0 Å². The molecule has 0 unspecified atom stereocenters. The maximum absolute atomic E-state index is 11.8. The molecule has 5 fully saturated rings. The van der Waals surface area contributed by atoms with Gasteiger partial charge in [0.2, 0.25) is 0 Å². The molecule has 0 heterocycles. The van der Waals surface area contributed by atoms with Gasteiger partial charge in [-0.05, 0) is 127 Å². The first kappa shape index (κ1) is 25.1. The minimum Gasteiger partial charge on any atom is -0.462 e. The van der Waals surface area contributed by atoms with E-state index in [4.69, 9.17) is 4.74 Å². The molecule has 0 bridgehead atoms. The highest BCUT2D eigenvalue weighted by molar-refractivity contribution is 5.66. The number of esters is 1. The third kappa shape index (κ3) is 3.21. The zero-order chi connectivity index (χ0) is 24.9. The molecule has 0 aromatic rings. The first-order valence-electron chi connectivity index (χ1n) is 14.8. The van der Waals surface area contributed by atoms with Gasteiger partial charge in [0, 0.05) is 6.92 Å². The molecule has 5 saturated carbocycles. The van der Waals surface area contributed by atoms with E-state index in [2.05, 4.69) is 55.4 Å². The summed E-state index contributed by atoms with van der Waals surface area (Å²) in [6, 6.07) is 0. The molecule has 0 aromatic carbocycles. The number of ether oxygens (including phenoxy) is 1. The molecule has 5 rings (SSSR count). The molecule has 2 heteroatoms. The van der Waals surface area contributed by atoms with Crippen LogP contribution >= 0.6 is 0 Å². The van der Waals surface area contributed by atoms with E-state index >= 15 is 0 Å². The Kier molecular flexibility index (Phi) is 5.55. The van der Waals surface area contributed by atoms with Crippen molar-refractivity contribution in [2.75, 3.05) is 0 Å². The van der Waals surface area contributed by atoms with Crippen LogP contribution in [0.4, 0.5) is 0 Å². The van der Waals surface area contributed by atoms with E-state index < -0.39 is 0 Å². The van der Waals surface area contributed by atoms with E-state index in [9.17, 15) is 4.79 Å². The van der Waals surface area contributed by atoms with Crippen LogP contribution < -0.4 is 0 Å². The Morgan fingerprint density at radius 1 is 0.676 bits per heavy atom. The minimum absolute atomic E-state index is 0.0968. The standard InChI is InChI=1S/C32H54O2/c1-21-23(34-22(2)33)10-11-24-29(21,6)13-12-25-30(24,7)17-19-32(9)26-20-27(3,4)14-15-28(26,5)16-18-31(25,32)8/h21,23-26H,10-20H2,1-9H3/t21-,23-,24-,25+,26-,28+,29+,30-,31+,32-/m0/s1. The van der Waals surface area contributed by atoms with Gasteiger partial charge in [-0.2, -0.15) is 0 Å². The van der Waals surface area contributed by atoms with E-state index in [0.717, 1.165) is 24.2 Å². The largest absolute Gasteiger partial charge is 0.462 e. The molecule has 0 saturated heterocycles. The van der Waals surface area contributed by atoms with E-state index in [1.165, 1.54) is 64.2 Å². The van der Waals surface area contributed by atoms with Crippen molar-refractivity contribution in [1.82, 2.24) is 0 Å². The molecule has 0 radical (unpaired) electrons.